The van der Waals surface area contributed by atoms with E-state index in [4.69, 9.17) is 5.73 Å². The molecule has 0 spiro atoms. The van der Waals surface area contributed by atoms with Gasteiger partial charge in [0.25, 0.3) is 0 Å². The number of benzene rings is 1. The first-order chi connectivity index (χ1) is 9.15. The highest BCUT2D eigenvalue weighted by Gasteiger charge is 2.48. The Kier molecular flexibility index (Phi) is 2.86. The van der Waals surface area contributed by atoms with Gasteiger partial charge in [0.1, 0.15) is 6.33 Å². The van der Waals surface area contributed by atoms with Gasteiger partial charge in [0, 0.05) is 6.04 Å². The Morgan fingerprint density at radius 3 is 2.95 bits per heavy atom. The Labute approximate surface area is 112 Å². The van der Waals surface area contributed by atoms with Crippen LogP contribution in [-0.4, -0.2) is 26.2 Å². The van der Waals surface area contributed by atoms with Crippen molar-refractivity contribution in [1.29, 1.82) is 0 Å². The first-order valence-corrected chi connectivity index (χ1v) is 6.74. The summed E-state index contributed by atoms with van der Waals surface area (Å²) in [6, 6.07) is 8.73. The van der Waals surface area contributed by atoms with Gasteiger partial charge in [0.05, 0.1) is 5.69 Å². The molecule has 1 aliphatic rings. The predicted molar refractivity (Wildman–Crippen MR) is 72.9 cm³/mol. The summed E-state index contributed by atoms with van der Waals surface area (Å²) < 4.78 is 1.69. The smallest absolute Gasteiger partial charge is 0.143 e. The van der Waals surface area contributed by atoms with Crippen LogP contribution in [0.25, 0.3) is 5.69 Å². The number of rotatable bonds is 3. The van der Waals surface area contributed by atoms with E-state index in [0.717, 1.165) is 18.5 Å². The van der Waals surface area contributed by atoms with Crippen molar-refractivity contribution in [2.45, 2.75) is 38.6 Å². The highest BCUT2D eigenvalue weighted by atomic mass is 15.5. The molecule has 1 aliphatic carbocycles. The van der Waals surface area contributed by atoms with Crippen molar-refractivity contribution in [2.24, 2.45) is 11.1 Å². The zero-order valence-corrected chi connectivity index (χ0v) is 11.3. The Bertz CT molecular complexity index is 565. The van der Waals surface area contributed by atoms with Crippen LogP contribution in [0.15, 0.2) is 30.6 Å². The minimum atomic E-state index is 0.208. The van der Waals surface area contributed by atoms with Crippen molar-refractivity contribution in [2.75, 3.05) is 0 Å². The monoisotopic (exact) mass is 257 g/mol. The first kappa shape index (κ1) is 12.3. The zero-order chi connectivity index (χ0) is 13.5. The topological polar surface area (TPSA) is 69.6 Å². The van der Waals surface area contributed by atoms with E-state index in [1.165, 1.54) is 5.56 Å². The summed E-state index contributed by atoms with van der Waals surface area (Å²) in [7, 11) is 0. The van der Waals surface area contributed by atoms with Crippen molar-refractivity contribution in [3.63, 3.8) is 0 Å². The van der Waals surface area contributed by atoms with Gasteiger partial charge in [-0.05, 0) is 52.3 Å². The van der Waals surface area contributed by atoms with E-state index in [2.05, 4.69) is 47.6 Å². The van der Waals surface area contributed by atoms with Gasteiger partial charge in [-0.25, -0.2) is 4.68 Å². The number of tetrazole rings is 1. The summed E-state index contributed by atoms with van der Waals surface area (Å²) in [5.41, 5.74) is 8.73. The SMILES string of the molecule is CCC1(C)C(N)CC1c1cccc(-n2cnnn2)c1. The van der Waals surface area contributed by atoms with Crippen LogP contribution in [-0.2, 0) is 0 Å². The van der Waals surface area contributed by atoms with Gasteiger partial charge in [0.15, 0.2) is 0 Å². The van der Waals surface area contributed by atoms with Gasteiger partial charge in [0.2, 0.25) is 0 Å². The summed E-state index contributed by atoms with van der Waals surface area (Å²) in [6.07, 6.45) is 3.78. The molecule has 19 heavy (non-hydrogen) atoms. The van der Waals surface area contributed by atoms with E-state index in [9.17, 15) is 0 Å². The highest BCUT2D eigenvalue weighted by molar-refractivity contribution is 5.38. The molecule has 3 rings (SSSR count). The second-order valence-electron chi connectivity index (χ2n) is 5.60. The molecule has 1 fully saturated rings. The molecule has 1 saturated carbocycles. The quantitative estimate of drug-likeness (QED) is 0.911. The molecule has 1 aromatic carbocycles. The summed E-state index contributed by atoms with van der Waals surface area (Å²) >= 11 is 0. The fourth-order valence-electron chi connectivity index (χ4n) is 3.08. The highest BCUT2D eigenvalue weighted by Crippen LogP contribution is 2.53. The summed E-state index contributed by atoms with van der Waals surface area (Å²) in [4.78, 5) is 0. The number of aromatic nitrogens is 4. The number of hydrogen-bond acceptors (Lipinski definition) is 4. The van der Waals surface area contributed by atoms with Crippen molar-refractivity contribution in [3.05, 3.63) is 36.2 Å². The maximum Gasteiger partial charge on any atom is 0.143 e. The lowest BCUT2D eigenvalue weighted by atomic mass is 9.54. The molecule has 0 bridgehead atoms. The average molecular weight is 257 g/mol. The largest absolute Gasteiger partial charge is 0.327 e. The molecule has 5 nitrogen and oxygen atoms in total. The average Bonchev–Trinajstić information content (AvgIpc) is 2.98. The molecule has 1 aromatic heterocycles. The lowest BCUT2D eigenvalue weighted by molar-refractivity contribution is 0.0706. The van der Waals surface area contributed by atoms with E-state index < -0.39 is 0 Å². The Hall–Kier alpha value is -1.75. The maximum atomic E-state index is 6.19. The lowest BCUT2D eigenvalue weighted by Gasteiger charge is -2.53. The summed E-state index contributed by atoms with van der Waals surface area (Å²) in [5, 5.41) is 11.3. The van der Waals surface area contributed by atoms with Gasteiger partial charge in [-0.3, -0.25) is 0 Å². The number of nitrogens with two attached hydrogens (primary N) is 1. The van der Waals surface area contributed by atoms with Crippen molar-refractivity contribution in [3.8, 4) is 5.69 Å². The second-order valence-corrected chi connectivity index (χ2v) is 5.60. The van der Waals surface area contributed by atoms with Crippen LogP contribution in [0.5, 0.6) is 0 Å². The van der Waals surface area contributed by atoms with Crippen LogP contribution in [0.3, 0.4) is 0 Å². The summed E-state index contributed by atoms with van der Waals surface area (Å²) in [5.74, 6) is 0.531. The van der Waals surface area contributed by atoms with Gasteiger partial charge in [-0.2, -0.15) is 0 Å². The van der Waals surface area contributed by atoms with Crippen molar-refractivity contribution < 1.29 is 0 Å². The van der Waals surface area contributed by atoms with Gasteiger partial charge in [-0.1, -0.05) is 26.0 Å². The third-order valence-corrected chi connectivity index (χ3v) is 4.78. The Morgan fingerprint density at radius 1 is 1.47 bits per heavy atom. The normalized spacial score (nSPS) is 30.1. The molecule has 0 amide bonds. The minimum Gasteiger partial charge on any atom is -0.327 e. The lowest BCUT2D eigenvalue weighted by Crippen LogP contribution is -2.54. The molecule has 2 N–H and O–H groups in total. The molecule has 2 aromatic rings. The molecule has 5 heteroatoms. The Morgan fingerprint density at radius 2 is 2.32 bits per heavy atom. The third kappa shape index (κ3) is 1.85. The molecular weight excluding hydrogens is 238 g/mol. The molecular formula is C14H19N5. The third-order valence-electron chi connectivity index (χ3n) is 4.78. The van der Waals surface area contributed by atoms with Crippen LogP contribution >= 0.6 is 0 Å². The second kappa shape index (κ2) is 4.42. The molecule has 0 aliphatic heterocycles. The van der Waals surface area contributed by atoms with Crippen LogP contribution in [0.1, 0.15) is 38.2 Å². The van der Waals surface area contributed by atoms with Crippen LogP contribution in [0.2, 0.25) is 0 Å². The number of hydrogen-bond donors (Lipinski definition) is 1. The Balaban J connectivity index is 1.93. The molecule has 3 unspecified atom stereocenters. The van der Waals surface area contributed by atoms with E-state index >= 15 is 0 Å². The standard InChI is InChI=1S/C14H19N5/c1-3-14(2)12(8-13(14)15)10-5-4-6-11(7-10)19-9-16-17-18-19/h4-7,9,12-13H,3,8,15H2,1-2H3. The van der Waals surface area contributed by atoms with E-state index in [0.29, 0.717) is 12.0 Å². The maximum absolute atomic E-state index is 6.19. The molecule has 100 valence electrons. The first-order valence-electron chi connectivity index (χ1n) is 6.74. The van der Waals surface area contributed by atoms with Crippen LogP contribution in [0, 0.1) is 5.41 Å². The van der Waals surface area contributed by atoms with E-state index in [1.807, 2.05) is 6.07 Å². The van der Waals surface area contributed by atoms with E-state index in [-0.39, 0.29) is 5.41 Å². The molecule has 1 heterocycles. The van der Waals surface area contributed by atoms with Crippen LogP contribution < -0.4 is 5.73 Å². The van der Waals surface area contributed by atoms with Crippen molar-refractivity contribution >= 4 is 0 Å². The van der Waals surface area contributed by atoms with Crippen LogP contribution in [0.4, 0.5) is 0 Å². The zero-order valence-electron chi connectivity index (χ0n) is 11.3. The van der Waals surface area contributed by atoms with Gasteiger partial charge in [-0.15, -0.1) is 5.10 Å². The predicted octanol–water partition coefficient (Wildman–Crippen LogP) is 1.89. The molecule has 0 radical (unpaired) electrons. The van der Waals surface area contributed by atoms with Crippen molar-refractivity contribution in [1.82, 2.24) is 20.2 Å². The van der Waals surface area contributed by atoms with Gasteiger partial charge >= 0.3 is 0 Å². The minimum absolute atomic E-state index is 0.208. The molecule has 3 atom stereocenters. The summed E-state index contributed by atoms with van der Waals surface area (Å²) in [6.45, 7) is 4.51. The molecule has 0 saturated heterocycles. The van der Waals surface area contributed by atoms with E-state index in [1.54, 1.807) is 11.0 Å². The fraction of sp³-hybridized carbons (Fsp3) is 0.500. The number of nitrogens with zero attached hydrogens (tertiary/aromatic N) is 4. The van der Waals surface area contributed by atoms with Gasteiger partial charge < -0.3 is 5.73 Å². The fourth-order valence-corrected chi connectivity index (χ4v) is 3.08.